The summed E-state index contributed by atoms with van der Waals surface area (Å²) in [6, 6.07) is 8.96. The Morgan fingerprint density at radius 3 is 2.44 bits per heavy atom. The maximum absolute atomic E-state index is 13.0. The standard InChI is InChI=1S/C23H21Br2ClN2O4/c1-2-3-4-5-9-32-20-18(24)11-14(12-19(20)25)10-17-21(29)27-23(31)28(22(17)30)16-8-6-7-15(26)13-16/h6-8,10-13H,2-5,9H2,1H3,(H,27,29,31)/b17-10+. The monoisotopic (exact) mass is 582 g/mol. The van der Waals surface area contributed by atoms with E-state index in [1.807, 2.05) is 0 Å². The maximum atomic E-state index is 13.0. The van der Waals surface area contributed by atoms with Crippen molar-refractivity contribution in [3.05, 3.63) is 61.5 Å². The van der Waals surface area contributed by atoms with E-state index in [1.54, 1.807) is 30.3 Å². The Balaban J connectivity index is 1.85. The number of amides is 4. The van der Waals surface area contributed by atoms with E-state index >= 15 is 0 Å². The van der Waals surface area contributed by atoms with E-state index < -0.39 is 17.8 Å². The molecule has 0 saturated carbocycles. The molecular weight excluding hydrogens is 564 g/mol. The molecule has 1 heterocycles. The van der Waals surface area contributed by atoms with Gasteiger partial charge in [0.2, 0.25) is 0 Å². The van der Waals surface area contributed by atoms with E-state index in [1.165, 1.54) is 18.6 Å². The molecule has 4 amide bonds. The van der Waals surface area contributed by atoms with Gasteiger partial charge in [-0.25, -0.2) is 9.69 Å². The zero-order valence-electron chi connectivity index (χ0n) is 17.3. The molecule has 1 fully saturated rings. The highest BCUT2D eigenvalue weighted by atomic mass is 79.9. The maximum Gasteiger partial charge on any atom is 0.335 e. The van der Waals surface area contributed by atoms with Gasteiger partial charge in [0, 0.05) is 5.02 Å². The lowest BCUT2D eigenvalue weighted by atomic mass is 10.1. The molecule has 0 atom stereocenters. The minimum atomic E-state index is -0.825. The van der Waals surface area contributed by atoms with Gasteiger partial charge in [-0.15, -0.1) is 0 Å². The quantitative estimate of drug-likeness (QED) is 0.219. The number of nitrogens with zero attached hydrogens (tertiary/aromatic N) is 1. The third kappa shape index (κ3) is 5.79. The van der Waals surface area contributed by atoms with Gasteiger partial charge in [-0.1, -0.05) is 43.9 Å². The fourth-order valence-corrected chi connectivity index (χ4v) is 4.81. The van der Waals surface area contributed by atoms with Gasteiger partial charge in [-0.3, -0.25) is 14.9 Å². The van der Waals surface area contributed by atoms with Crippen molar-refractivity contribution in [2.75, 3.05) is 11.5 Å². The summed E-state index contributed by atoms with van der Waals surface area (Å²) in [4.78, 5) is 38.6. The van der Waals surface area contributed by atoms with E-state index in [4.69, 9.17) is 16.3 Å². The first-order valence-electron chi connectivity index (χ1n) is 10.1. The highest BCUT2D eigenvalue weighted by molar-refractivity contribution is 9.11. The van der Waals surface area contributed by atoms with Crippen molar-refractivity contribution in [2.45, 2.75) is 32.6 Å². The number of rotatable bonds is 8. The van der Waals surface area contributed by atoms with E-state index in [0.717, 1.165) is 24.2 Å². The number of urea groups is 1. The fourth-order valence-electron chi connectivity index (χ4n) is 3.18. The van der Waals surface area contributed by atoms with Crippen LogP contribution < -0.4 is 15.0 Å². The average molecular weight is 585 g/mol. The van der Waals surface area contributed by atoms with Crippen LogP contribution in [0.25, 0.3) is 6.08 Å². The molecule has 0 spiro atoms. The van der Waals surface area contributed by atoms with Crippen molar-refractivity contribution in [2.24, 2.45) is 0 Å². The molecule has 0 aromatic heterocycles. The molecule has 1 N–H and O–H groups in total. The van der Waals surface area contributed by atoms with Crippen LogP contribution in [0, 0.1) is 0 Å². The first kappa shape index (κ1) is 24.5. The van der Waals surface area contributed by atoms with E-state index in [-0.39, 0.29) is 11.3 Å². The second-order valence-corrected chi connectivity index (χ2v) is 9.31. The number of hydrogen-bond donors (Lipinski definition) is 1. The predicted octanol–water partition coefficient (Wildman–Crippen LogP) is 6.49. The number of halogens is 3. The molecule has 2 aromatic rings. The molecule has 9 heteroatoms. The SMILES string of the molecule is CCCCCCOc1c(Br)cc(/C=C2\C(=O)NC(=O)N(c3cccc(Cl)c3)C2=O)cc1Br. The van der Waals surface area contributed by atoms with E-state index in [2.05, 4.69) is 44.1 Å². The number of carbonyl (C=O) groups is 3. The summed E-state index contributed by atoms with van der Waals surface area (Å²) in [6.45, 7) is 2.75. The van der Waals surface area contributed by atoms with Crippen LogP contribution in [-0.2, 0) is 9.59 Å². The van der Waals surface area contributed by atoms with Crippen molar-refractivity contribution in [3.8, 4) is 5.75 Å². The highest BCUT2D eigenvalue weighted by Crippen LogP contribution is 2.36. The van der Waals surface area contributed by atoms with E-state index in [0.29, 0.717) is 31.9 Å². The third-order valence-corrected chi connectivity index (χ3v) is 6.16. The molecule has 168 valence electrons. The molecule has 1 saturated heterocycles. The van der Waals surface area contributed by atoms with Crippen molar-refractivity contribution in [1.82, 2.24) is 5.32 Å². The molecule has 0 aliphatic carbocycles. The number of carbonyl (C=O) groups excluding carboxylic acids is 3. The van der Waals surface area contributed by atoms with Crippen LogP contribution in [0.1, 0.15) is 38.2 Å². The number of ether oxygens (including phenoxy) is 1. The number of anilines is 1. The molecule has 2 aromatic carbocycles. The van der Waals surface area contributed by atoms with Crippen molar-refractivity contribution >= 4 is 73.1 Å². The van der Waals surface area contributed by atoms with Crippen LogP contribution in [0.5, 0.6) is 5.75 Å². The summed E-state index contributed by atoms with van der Waals surface area (Å²) in [5.74, 6) is -0.843. The largest absolute Gasteiger partial charge is 0.491 e. The van der Waals surface area contributed by atoms with Crippen molar-refractivity contribution in [1.29, 1.82) is 0 Å². The molecule has 0 bridgehead atoms. The normalized spacial score (nSPS) is 15.3. The minimum absolute atomic E-state index is 0.170. The molecule has 1 aliphatic heterocycles. The van der Waals surface area contributed by atoms with Crippen LogP contribution in [0.4, 0.5) is 10.5 Å². The zero-order chi connectivity index (χ0) is 23.3. The van der Waals surface area contributed by atoms with Crippen molar-refractivity contribution in [3.63, 3.8) is 0 Å². The summed E-state index contributed by atoms with van der Waals surface area (Å²) < 4.78 is 7.24. The van der Waals surface area contributed by atoms with Crippen LogP contribution in [0.3, 0.4) is 0 Å². The van der Waals surface area contributed by atoms with Gasteiger partial charge in [-0.05, 0) is 80.3 Å². The van der Waals surface area contributed by atoms with Gasteiger partial charge in [-0.2, -0.15) is 0 Å². The summed E-state index contributed by atoms with van der Waals surface area (Å²) in [6.07, 6.45) is 5.82. The van der Waals surface area contributed by atoms with Crippen LogP contribution in [0.2, 0.25) is 5.02 Å². The Bertz CT molecular complexity index is 1060. The number of benzene rings is 2. The average Bonchev–Trinajstić information content (AvgIpc) is 2.72. The zero-order valence-corrected chi connectivity index (χ0v) is 21.2. The first-order valence-corrected chi connectivity index (χ1v) is 12.1. The van der Waals surface area contributed by atoms with Crippen molar-refractivity contribution < 1.29 is 19.1 Å². The molecular formula is C23H21Br2ClN2O4. The molecule has 1 aliphatic rings. The Labute approximate surface area is 208 Å². The smallest absolute Gasteiger partial charge is 0.335 e. The summed E-state index contributed by atoms with van der Waals surface area (Å²) in [5, 5.41) is 2.57. The Morgan fingerprint density at radius 2 is 1.78 bits per heavy atom. The summed E-state index contributed by atoms with van der Waals surface area (Å²) in [7, 11) is 0. The summed E-state index contributed by atoms with van der Waals surface area (Å²) in [5.41, 5.74) is 0.685. The number of hydrogen-bond acceptors (Lipinski definition) is 4. The van der Waals surface area contributed by atoms with E-state index in [9.17, 15) is 14.4 Å². The second-order valence-electron chi connectivity index (χ2n) is 7.16. The topological polar surface area (TPSA) is 75.7 Å². The number of unbranched alkanes of at least 4 members (excludes halogenated alkanes) is 3. The predicted molar refractivity (Wildman–Crippen MR) is 132 cm³/mol. The summed E-state index contributed by atoms with van der Waals surface area (Å²) >= 11 is 13.0. The Kier molecular flexibility index (Phi) is 8.51. The van der Waals surface area contributed by atoms with Gasteiger partial charge in [0.1, 0.15) is 11.3 Å². The molecule has 32 heavy (non-hydrogen) atoms. The number of nitrogens with one attached hydrogen (secondary N) is 1. The van der Waals surface area contributed by atoms with Gasteiger partial charge in [0.25, 0.3) is 11.8 Å². The Morgan fingerprint density at radius 1 is 1.06 bits per heavy atom. The highest BCUT2D eigenvalue weighted by Gasteiger charge is 2.36. The van der Waals surface area contributed by atoms with Gasteiger partial charge < -0.3 is 4.74 Å². The molecule has 3 rings (SSSR count). The number of barbiturate groups is 1. The molecule has 6 nitrogen and oxygen atoms in total. The van der Waals surface area contributed by atoms with Crippen LogP contribution in [0.15, 0.2) is 50.9 Å². The fraction of sp³-hybridized carbons (Fsp3) is 0.261. The third-order valence-electron chi connectivity index (χ3n) is 4.74. The van der Waals surface area contributed by atoms with Gasteiger partial charge in [0.05, 0.1) is 21.2 Å². The molecule has 0 radical (unpaired) electrons. The van der Waals surface area contributed by atoms with Gasteiger partial charge >= 0.3 is 6.03 Å². The lowest BCUT2D eigenvalue weighted by Crippen LogP contribution is -2.54. The number of imide groups is 2. The lowest BCUT2D eigenvalue weighted by Gasteiger charge is -2.26. The first-order chi connectivity index (χ1) is 15.3. The second kappa shape index (κ2) is 11.1. The Hall–Kier alpha value is -2.16. The van der Waals surface area contributed by atoms with Crippen LogP contribution in [-0.4, -0.2) is 24.5 Å². The molecule has 0 unspecified atom stereocenters. The lowest BCUT2D eigenvalue weighted by molar-refractivity contribution is -0.122. The minimum Gasteiger partial charge on any atom is -0.491 e. The van der Waals surface area contributed by atoms with Gasteiger partial charge in [0.15, 0.2) is 0 Å². The van der Waals surface area contributed by atoms with Crippen LogP contribution >= 0.6 is 43.5 Å².